The number of benzene rings is 1. The third-order valence-corrected chi connectivity index (χ3v) is 7.46. The first-order valence-electron chi connectivity index (χ1n) is 10.2. The number of esters is 1. The van der Waals surface area contributed by atoms with Crippen molar-refractivity contribution in [3.05, 3.63) is 35.4 Å². The zero-order valence-electron chi connectivity index (χ0n) is 17.0. The molecule has 1 aliphatic heterocycles. The van der Waals surface area contributed by atoms with Gasteiger partial charge in [0.25, 0.3) is 5.91 Å². The maximum absolute atomic E-state index is 12.5. The lowest BCUT2D eigenvalue weighted by molar-refractivity contribution is -0.123. The van der Waals surface area contributed by atoms with E-state index in [9.17, 15) is 14.4 Å². The van der Waals surface area contributed by atoms with Gasteiger partial charge in [0.2, 0.25) is 0 Å². The summed E-state index contributed by atoms with van der Waals surface area (Å²) >= 11 is 3.31. The molecule has 1 aromatic rings. The van der Waals surface area contributed by atoms with Crippen LogP contribution >= 0.6 is 23.5 Å². The Morgan fingerprint density at radius 1 is 1.23 bits per heavy atom. The monoisotopic (exact) mass is 449 g/mol. The Hall–Kier alpha value is -2.00. The highest BCUT2D eigenvalue weighted by molar-refractivity contribution is 8.38. The van der Waals surface area contributed by atoms with E-state index in [1.165, 1.54) is 6.42 Å². The van der Waals surface area contributed by atoms with Gasteiger partial charge in [-0.2, -0.15) is 0 Å². The van der Waals surface area contributed by atoms with Crippen molar-refractivity contribution < 1.29 is 19.1 Å². The van der Waals surface area contributed by atoms with Gasteiger partial charge in [0.15, 0.2) is 6.61 Å². The van der Waals surface area contributed by atoms with Crippen LogP contribution in [-0.2, 0) is 15.3 Å². The highest BCUT2D eigenvalue weighted by Gasteiger charge is 2.23. The van der Waals surface area contributed by atoms with Gasteiger partial charge in [-0.15, -0.1) is 0 Å². The molecule has 3 rings (SSSR count). The fourth-order valence-electron chi connectivity index (χ4n) is 3.49. The molecule has 7 nitrogen and oxygen atoms in total. The summed E-state index contributed by atoms with van der Waals surface area (Å²) in [5.41, 5.74) is 1.24. The van der Waals surface area contributed by atoms with Crippen LogP contribution in [0.1, 0.15) is 48.5 Å². The van der Waals surface area contributed by atoms with Crippen molar-refractivity contribution in [2.24, 2.45) is 10.9 Å². The minimum atomic E-state index is -0.645. The second kappa shape index (κ2) is 11.4. The fourth-order valence-corrected chi connectivity index (χ4v) is 5.51. The van der Waals surface area contributed by atoms with Crippen molar-refractivity contribution in [2.75, 3.05) is 18.9 Å². The molecule has 1 saturated carbocycles. The summed E-state index contributed by atoms with van der Waals surface area (Å²) in [4.78, 5) is 40.9. The van der Waals surface area contributed by atoms with E-state index >= 15 is 0 Å². The van der Waals surface area contributed by atoms with E-state index in [1.54, 1.807) is 35.7 Å². The highest BCUT2D eigenvalue weighted by Crippen LogP contribution is 2.27. The summed E-state index contributed by atoms with van der Waals surface area (Å²) in [7, 11) is 0. The molecule has 0 aromatic heterocycles. The number of imide groups is 1. The molecule has 1 heterocycles. The lowest BCUT2D eigenvalue weighted by atomic mass is 9.86. The first-order valence-corrected chi connectivity index (χ1v) is 12.2. The maximum Gasteiger partial charge on any atom is 0.338 e. The molecule has 1 fully saturated rings. The first-order chi connectivity index (χ1) is 14.5. The molecular weight excluding hydrogens is 422 g/mol. The van der Waals surface area contributed by atoms with Gasteiger partial charge in [0.05, 0.1) is 12.1 Å². The summed E-state index contributed by atoms with van der Waals surface area (Å²) in [5.74, 6) is 0.761. The van der Waals surface area contributed by atoms with Gasteiger partial charge in [0, 0.05) is 17.5 Å². The van der Waals surface area contributed by atoms with E-state index < -0.39 is 24.5 Å². The minimum absolute atomic E-state index is 0.0705. The van der Waals surface area contributed by atoms with Crippen LogP contribution in [0.15, 0.2) is 29.3 Å². The summed E-state index contributed by atoms with van der Waals surface area (Å²) in [6.45, 7) is 2.43. The Kier molecular flexibility index (Phi) is 8.62. The number of ether oxygens (including phenoxy) is 1. The molecule has 0 spiro atoms. The lowest BCUT2D eigenvalue weighted by Gasteiger charge is -2.29. The van der Waals surface area contributed by atoms with Crippen molar-refractivity contribution in [1.82, 2.24) is 10.6 Å². The molecule has 30 heavy (non-hydrogen) atoms. The summed E-state index contributed by atoms with van der Waals surface area (Å²) in [5, 5.41) is 5.09. The van der Waals surface area contributed by atoms with Crippen molar-refractivity contribution in [1.29, 1.82) is 0 Å². The Balaban J connectivity index is 1.45. The normalized spacial score (nSPS) is 20.9. The van der Waals surface area contributed by atoms with Crippen molar-refractivity contribution in [3.8, 4) is 0 Å². The number of aliphatic imine (C=N–C) groups is 1. The molecule has 162 valence electrons. The average Bonchev–Trinajstić information content (AvgIpc) is 3.26. The number of urea groups is 1. The van der Waals surface area contributed by atoms with Gasteiger partial charge in [0.1, 0.15) is 4.38 Å². The average molecular weight is 450 g/mol. The second-order valence-electron chi connectivity index (χ2n) is 7.41. The number of hydrogen-bond acceptors (Lipinski definition) is 7. The number of carbonyl (C=O) groups excluding carboxylic acids is 3. The first kappa shape index (κ1) is 22.7. The minimum Gasteiger partial charge on any atom is -0.452 e. The molecule has 0 radical (unpaired) electrons. The van der Waals surface area contributed by atoms with Crippen molar-refractivity contribution >= 4 is 45.8 Å². The van der Waals surface area contributed by atoms with Crippen molar-refractivity contribution in [2.45, 2.75) is 44.4 Å². The zero-order chi connectivity index (χ0) is 21.3. The molecule has 2 aliphatic rings. The quantitative estimate of drug-likeness (QED) is 0.645. The molecular formula is C21H27N3O4S2. The van der Waals surface area contributed by atoms with Crippen LogP contribution in [0.3, 0.4) is 0 Å². The molecule has 2 N–H and O–H groups in total. The SMILES string of the molecule is CC1CCCCC1NC(=O)NC(=O)COC(=O)c1ccccc1CSC1=NCCS1. The highest BCUT2D eigenvalue weighted by atomic mass is 32.2. The fraction of sp³-hybridized carbons (Fsp3) is 0.524. The third kappa shape index (κ3) is 6.77. The molecule has 2 unspecified atom stereocenters. The number of nitrogens with zero attached hydrogens (tertiary/aromatic N) is 1. The zero-order valence-corrected chi connectivity index (χ0v) is 18.7. The summed E-state index contributed by atoms with van der Waals surface area (Å²) in [6.07, 6.45) is 4.23. The Bertz CT molecular complexity index is 815. The number of hydrogen-bond donors (Lipinski definition) is 2. The number of carbonyl (C=O) groups is 3. The predicted octanol–water partition coefficient (Wildman–Crippen LogP) is 3.58. The van der Waals surface area contributed by atoms with Crippen LogP contribution in [0, 0.1) is 5.92 Å². The van der Waals surface area contributed by atoms with Crippen LogP contribution in [0.5, 0.6) is 0 Å². The van der Waals surface area contributed by atoms with Gasteiger partial charge >= 0.3 is 12.0 Å². The lowest BCUT2D eigenvalue weighted by Crippen LogP contribution is -2.48. The maximum atomic E-state index is 12.5. The van der Waals surface area contributed by atoms with Crippen LogP contribution in [0.2, 0.25) is 0 Å². The van der Waals surface area contributed by atoms with Gasteiger partial charge in [-0.05, 0) is 30.4 Å². The van der Waals surface area contributed by atoms with Gasteiger partial charge < -0.3 is 10.1 Å². The van der Waals surface area contributed by atoms with Crippen LogP contribution in [0.4, 0.5) is 4.79 Å². The van der Waals surface area contributed by atoms with Crippen molar-refractivity contribution in [3.63, 3.8) is 0 Å². The largest absolute Gasteiger partial charge is 0.452 e. The molecule has 9 heteroatoms. The second-order valence-corrected chi connectivity index (χ2v) is 9.71. The van der Waals surface area contributed by atoms with E-state index in [0.717, 1.165) is 41.5 Å². The van der Waals surface area contributed by atoms with Gasteiger partial charge in [-0.1, -0.05) is 61.5 Å². The van der Waals surface area contributed by atoms with Crippen LogP contribution in [-0.4, -0.2) is 47.2 Å². The molecule has 1 aromatic carbocycles. The van der Waals surface area contributed by atoms with E-state index in [-0.39, 0.29) is 6.04 Å². The Morgan fingerprint density at radius 3 is 2.80 bits per heavy atom. The number of nitrogens with one attached hydrogen (secondary N) is 2. The molecule has 0 saturated heterocycles. The molecule has 3 amide bonds. The van der Waals surface area contributed by atoms with Gasteiger partial charge in [-0.25, -0.2) is 9.59 Å². The van der Waals surface area contributed by atoms with Gasteiger partial charge in [-0.3, -0.25) is 15.1 Å². The Labute approximate surface area is 185 Å². The van der Waals surface area contributed by atoms with E-state index in [0.29, 0.717) is 17.2 Å². The van der Waals surface area contributed by atoms with Crippen LogP contribution in [0.25, 0.3) is 0 Å². The number of thioether (sulfide) groups is 2. The molecule has 0 bridgehead atoms. The standard InChI is InChI=1S/C21H27N3O4S2/c1-14-6-2-5-9-17(14)23-20(27)24-18(25)12-28-19(26)16-8-4-3-7-15(16)13-30-21-22-10-11-29-21/h3-4,7-8,14,17H,2,5-6,9-13H2,1H3,(H2,23,24,25,27). The smallest absolute Gasteiger partial charge is 0.338 e. The van der Waals surface area contributed by atoms with Crippen LogP contribution < -0.4 is 10.6 Å². The molecule has 1 aliphatic carbocycles. The van der Waals surface area contributed by atoms with E-state index in [4.69, 9.17) is 4.74 Å². The summed E-state index contributed by atoms with van der Waals surface area (Å²) in [6, 6.07) is 6.69. The number of amides is 3. The topological polar surface area (TPSA) is 96.9 Å². The predicted molar refractivity (Wildman–Crippen MR) is 121 cm³/mol. The number of rotatable bonds is 6. The van der Waals surface area contributed by atoms with E-state index in [2.05, 4.69) is 22.5 Å². The third-order valence-electron chi connectivity index (χ3n) is 5.16. The summed E-state index contributed by atoms with van der Waals surface area (Å²) < 4.78 is 6.16. The Morgan fingerprint density at radius 2 is 2.03 bits per heavy atom. The molecule has 2 atom stereocenters. The van der Waals surface area contributed by atoms with E-state index in [1.807, 2.05) is 12.1 Å².